The Labute approximate surface area is 112 Å². The summed E-state index contributed by atoms with van der Waals surface area (Å²) in [7, 11) is 0. The van der Waals surface area contributed by atoms with Crippen LogP contribution in [0.1, 0.15) is 11.1 Å². The van der Waals surface area contributed by atoms with Gasteiger partial charge < -0.3 is 10.1 Å². The largest absolute Gasteiger partial charge is 0.417 e. The Balaban J connectivity index is 2.62. The van der Waals surface area contributed by atoms with Gasteiger partial charge in [0.25, 0.3) is 6.43 Å². The first-order chi connectivity index (χ1) is 9.34. The van der Waals surface area contributed by atoms with Gasteiger partial charge in [0, 0.05) is 12.2 Å². The van der Waals surface area contributed by atoms with Crippen LogP contribution < -0.4 is 5.32 Å². The molecule has 0 heterocycles. The number of alkyl halides is 5. The molecule has 20 heavy (non-hydrogen) atoms. The minimum absolute atomic E-state index is 0.0638. The van der Waals surface area contributed by atoms with E-state index >= 15 is 0 Å². The number of nitriles is 1. The lowest BCUT2D eigenvalue weighted by molar-refractivity contribution is -0.137. The van der Waals surface area contributed by atoms with Crippen molar-refractivity contribution >= 4 is 5.69 Å². The van der Waals surface area contributed by atoms with E-state index in [2.05, 4.69) is 10.1 Å². The normalized spacial score (nSPS) is 11.4. The van der Waals surface area contributed by atoms with Crippen LogP contribution in [0.25, 0.3) is 0 Å². The van der Waals surface area contributed by atoms with Crippen LogP contribution in [0.4, 0.5) is 27.6 Å². The molecule has 0 spiro atoms. The number of rotatable bonds is 6. The van der Waals surface area contributed by atoms with Crippen molar-refractivity contribution in [2.24, 2.45) is 0 Å². The fourth-order valence-electron chi connectivity index (χ4n) is 1.43. The molecular formula is C12H11F5N2O. The van der Waals surface area contributed by atoms with Gasteiger partial charge in [0.2, 0.25) is 0 Å². The van der Waals surface area contributed by atoms with Crippen LogP contribution in [0.3, 0.4) is 0 Å². The zero-order valence-electron chi connectivity index (χ0n) is 10.2. The van der Waals surface area contributed by atoms with Gasteiger partial charge in [-0.05, 0) is 18.2 Å². The Morgan fingerprint density at radius 2 is 2.00 bits per heavy atom. The van der Waals surface area contributed by atoms with Crippen molar-refractivity contribution in [1.82, 2.24) is 0 Å². The van der Waals surface area contributed by atoms with Gasteiger partial charge in [-0.2, -0.15) is 18.4 Å². The van der Waals surface area contributed by atoms with Crippen molar-refractivity contribution < 1.29 is 26.7 Å². The summed E-state index contributed by atoms with van der Waals surface area (Å²) in [5, 5.41) is 11.2. The number of nitrogens with one attached hydrogen (secondary N) is 1. The predicted octanol–water partition coefficient (Wildman–Crippen LogP) is 3.27. The molecule has 0 aromatic heterocycles. The van der Waals surface area contributed by atoms with E-state index in [0.717, 1.165) is 12.1 Å². The number of ether oxygens (including phenoxy) is 1. The first-order valence-electron chi connectivity index (χ1n) is 5.55. The maximum atomic E-state index is 12.7. The summed E-state index contributed by atoms with van der Waals surface area (Å²) >= 11 is 0. The Hall–Kier alpha value is -1.88. The van der Waals surface area contributed by atoms with Gasteiger partial charge in [-0.1, -0.05) is 0 Å². The molecule has 3 nitrogen and oxygen atoms in total. The molecule has 0 radical (unpaired) electrons. The standard InChI is InChI=1S/C12H11F5N2O/c13-11(14)7-20-4-3-19-9-2-1-8(6-18)10(5-9)12(15,16)17/h1-2,5,11,19H,3-4,7H2. The molecule has 1 N–H and O–H groups in total. The summed E-state index contributed by atoms with van der Waals surface area (Å²) in [5.41, 5.74) is -1.38. The second kappa shape index (κ2) is 7.05. The van der Waals surface area contributed by atoms with Gasteiger partial charge in [-0.3, -0.25) is 0 Å². The quantitative estimate of drug-likeness (QED) is 0.647. The van der Waals surface area contributed by atoms with Crippen molar-refractivity contribution in [2.75, 3.05) is 25.1 Å². The van der Waals surface area contributed by atoms with Crippen LogP contribution in [0.2, 0.25) is 0 Å². The number of benzene rings is 1. The van der Waals surface area contributed by atoms with E-state index in [9.17, 15) is 22.0 Å². The molecule has 0 saturated carbocycles. The van der Waals surface area contributed by atoms with Gasteiger partial charge in [0.05, 0.1) is 23.8 Å². The van der Waals surface area contributed by atoms with Gasteiger partial charge in [-0.25, -0.2) is 8.78 Å². The monoisotopic (exact) mass is 294 g/mol. The van der Waals surface area contributed by atoms with Crippen LogP contribution in [-0.2, 0) is 10.9 Å². The molecule has 0 aliphatic rings. The number of hydrogen-bond acceptors (Lipinski definition) is 3. The van der Waals surface area contributed by atoms with Gasteiger partial charge in [0.15, 0.2) is 0 Å². The maximum Gasteiger partial charge on any atom is 0.417 e. The molecule has 0 saturated heterocycles. The van der Waals surface area contributed by atoms with Crippen LogP contribution in [0.15, 0.2) is 18.2 Å². The molecule has 0 fully saturated rings. The molecule has 0 bridgehead atoms. The van der Waals surface area contributed by atoms with E-state index < -0.39 is 30.3 Å². The number of nitrogens with zero attached hydrogens (tertiary/aromatic N) is 1. The van der Waals surface area contributed by atoms with Crippen LogP contribution >= 0.6 is 0 Å². The second-order valence-corrected chi connectivity index (χ2v) is 3.76. The topological polar surface area (TPSA) is 45.0 Å². The molecule has 0 amide bonds. The number of halogens is 5. The molecule has 1 aromatic carbocycles. The van der Waals surface area contributed by atoms with Crippen molar-refractivity contribution in [2.45, 2.75) is 12.6 Å². The maximum absolute atomic E-state index is 12.7. The molecular weight excluding hydrogens is 283 g/mol. The third-order valence-electron chi connectivity index (χ3n) is 2.26. The first-order valence-corrected chi connectivity index (χ1v) is 5.55. The molecule has 0 atom stereocenters. The summed E-state index contributed by atoms with van der Waals surface area (Å²) in [4.78, 5) is 0. The number of hydrogen-bond donors (Lipinski definition) is 1. The summed E-state index contributed by atoms with van der Waals surface area (Å²) in [6, 6.07) is 4.61. The minimum Gasteiger partial charge on any atom is -0.383 e. The highest BCUT2D eigenvalue weighted by Gasteiger charge is 2.33. The van der Waals surface area contributed by atoms with Crippen LogP contribution in [0.5, 0.6) is 0 Å². The summed E-state index contributed by atoms with van der Waals surface area (Å²) in [6.07, 6.45) is -7.21. The van der Waals surface area contributed by atoms with Crippen molar-refractivity contribution in [3.8, 4) is 6.07 Å². The third-order valence-corrected chi connectivity index (χ3v) is 2.26. The molecule has 8 heteroatoms. The van der Waals surface area contributed by atoms with Gasteiger partial charge in [0.1, 0.15) is 6.61 Å². The Morgan fingerprint density at radius 1 is 1.30 bits per heavy atom. The Kier molecular flexibility index (Phi) is 5.70. The lowest BCUT2D eigenvalue weighted by atomic mass is 10.1. The summed E-state index contributed by atoms with van der Waals surface area (Å²) in [6.45, 7) is -0.704. The van der Waals surface area contributed by atoms with E-state index in [-0.39, 0.29) is 18.8 Å². The summed E-state index contributed by atoms with van der Waals surface area (Å²) in [5.74, 6) is 0. The van der Waals surface area contributed by atoms with Gasteiger partial charge >= 0.3 is 6.18 Å². The smallest absolute Gasteiger partial charge is 0.383 e. The van der Waals surface area contributed by atoms with E-state index in [1.165, 1.54) is 12.1 Å². The highest BCUT2D eigenvalue weighted by atomic mass is 19.4. The SMILES string of the molecule is N#Cc1ccc(NCCOCC(F)F)cc1C(F)(F)F. The summed E-state index contributed by atoms with van der Waals surface area (Å²) < 4.78 is 66.1. The first kappa shape index (κ1) is 16.2. The Morgan fingerprint density at radius 3 is 2.55 bits per heavy atom. The fourth-order valence-corrected chi connectivity index (χ4v) is 1.43. The molecule has 0 unspecified atom stereocenters. The Bertz CT molecular complexity index is 482. The second-order valence-electron chi connectivity index (χ2n) is 3.76. The van der Waals surface area contributed by atoms with Crippen molar-refractivity contribution in [1.29, 1.82) is 5.26 Å². The molecule has 1 rings (SSSR count). The minimum atomic E-state index is -4.63. The average molecular weight is 294 g/mol. The average Bonchev–Trinajstić information content (AvgIpc) is 2.36. The lowest BCUT2D eigenvalue weighted by Crippen LogP contribution is -2.14. The highest BCUT2D eigenvalue weighted by Crippen LogP contribution is 2.33. The zero-order valence-corrected chi connectivity index (χ0v) is 10.2. The molecule has 110 valence electrons. The third kappa shape index (κ3) is 5.01. The van der Waals surface area contributed by atoms with E-state index in [1.807, 2.05) is 0 Å². The predicted molar refractivity (Wildman–Crippen MR) is 61.5 cm³/mol. The van der Waals surface area contributed by atoms with E-state index in [1.54, 1.807) is 0 Å². The molecule has 0 aliphatic heterocycles. The van der Waals surface area contributed by atoms with Crippen LogP contribution in [-0.4, -0.2) is 26.2 Å². The molecule has 1 aromatic rings. The van der Waals surface area contributed by atoms with E-state index in [4.69, 9.17) is 5.26 Å². The van der Waals surface area contributed by atoms with E-state index in [0.29, 0.717) is 0 Å². The fraction of sp³-hybridized carbons (Fsp3) is 0.417. The number of anilines is 1. The van der Waals surface area contributed by atoms with Crippen molar-refractivity contribution in [3.63, 3.8) is 0 Å². The van der Waals surface area contributed by atoms with Crippen LogP contribution in [0, 0.1) is 11.3 Å². The van der Waals surface area contributed by atoms with Crippen molar-refractivity contribution in [3.05, 3.63) is 29.3 Å². The lowest BCUT2D eigenvalue weighted by Gasteiger charge is -2.12. The highest BCUT2D eigenvalue weighted by molar-refractivity contribution is 5.53. The zero-order chi connectivity index (χ0) is 15.2. The van der Waals surface area contributed by atoms with Gasteiger partial charge in [-0.15, -0.1) is 0 Å². The molecule has 0 aliphatic carbocycles.